The number of rotatable bonds is 15. The van der Waals surface area contributed by atoms with E-state index in [4.69, 9.17) is 9.47 Å². The molecule has 1 aliphatic rings. The summed E-state index contributed by atoms with van der Waals surface area (Å²) >= 11 is 0. The van der Waals surface area contributed by atoms with Crippen molar-refractivity contribution in [3.8, 4) is 11.5 Å². The van der Waals surface area contributed by atoms with Crippen LogP contribution in [0.5, 0.6) is 11.5 Å². The maximum atomic E-state index is 13.8. The van der Waals surface area contributed by atoms with Gasteiger partial charge in [0, 0.05) is 31.3 Å². The first-order valence-electron chi connectivity index (χ1n) is 13.9. The summed E-state index contributed by atoms with van der Waals surface area (Å²) in [7, 11) is -7.73. The van der Waals surface area contributed by atoms with Crippen molar-refractivity contribution < 1.29 is 36.2 Å². The van der Waals surface area contributed by atoms with Crippen LogP contribution in [-0.2, 0) is 36.8 Å². The van der Waals surface area contributed by atoms with Gasteiger partial charge in [0.05, 0.1) is 34.2 Å². The van der Waals surface area contributed by atoms with Crippen LogP contribution in [0.1, 0.15) is 32.0 Å². The minimum absolute atomic E-state index is 0.00296. The van der Waals surface area contributed by atoms with Crippen LogP contribution in [0, 0.1) is 11.8 Å². The molecule has 0 saturated heterocycles. The van der Waals surface area contributed by atoms with Crippen LogP contribution in [0.15, 0.2) is 65.7 Å². The quantitative estimate of drug-likeness (QED) is 0.227. The smallest absolute Gasteiger partial charge is 0.243 e. The van der Waals surface area contributed by atoms with E-state index in [0.717, 1.165) is 5.56 Å². The molecule has 3 N–H and O–H groups in total. The number of hydrogen-bond acceptors (Lipinski definition) is 9. The van der Waals surface area contributed by atoms with Gasteiger partial charge < -0.3 is 19.9 Å². The summed E-state index contributed by atoms with van der Waals surface area (Å²) in [5, 5.41) is 20.6. The van der Waals surface area contributed by atoms with Crippen molar-refractivity contribution in [3.05, 3.63) is 72.1 Å². The van der Waals surface area contributed by atoms with Gasteiger partial charge in [-0.15, -0.1) is 0 Å². The number of benzene rings is 2. The molecule has 0 aliphatic carbocycles. The topological polar surface area (TPSA) is 168 Å². The number of aliphatic hydroxyl groups excluding tert-OH is 1. The second kappa shape index (κ2) is 13.9. The molecule has 2 heterocycles. The Labute approximate surface area is 252 Å². The van der Waals surface area contributed by atoms with Gasteiger partial charge in [0.25, 0.3) is 0 Å². The van der Waals surface area contributed by atoms with Gasteiger partial charge in [-0.1, -0.05) is 51.1 Å². The number of nitrogens with one attached hydrogen (secondary N) is 2. The van der Waals surface area contributed by atoms with Crippen LogP contribution >= 0.6 is 0 Å². The molecule has 1 aliphatic heterocycles. The summed E-state index contributed by atoms with van der Waals surface area (Å²) in [6, 6.07) is 14.1. The molecule has 3 atom stereocenters. The van der Waals surface area contributed by atoms with Crippen molar-refractivity contribution in [1.82, 2.24) is 19.8 Å². The zero-order chi connectivity index (χ0) is 31.2. The molecular weight excluding hydrogens is 596 g/mol. The number of fused-ring (bicyclic) bond motifs is 1. The molecule has 0 saturated carbocycles. The molecule has 0 radical (unpaired) electrons. The summed E-state index contributed by atoms with van der Waals surface area (Å²) in [6.07, 6.45) is 0.327. The number of amides is 1. The number of aromatic nitrogens is 2. The Morgan fingerprint density at radius 1 is 1.02 bits per heavy atom. The molecular formula is C29H38N4O8S2. The Balaban J connectivity index is 1.53. The third kappa shape index (κ3) is 8.78. The van der Waals surface area contributed by atoms with Crippen molar-refractivity contribution in [2.75, 3.05) is 25.6 Å². The van der Waals surface area contributed by atoms with Gasteiger partial charge in [0.1, 0.15) is 0 Å². The van der Waals surface area contributed by atoms with Gasteiger partial charge in [-0.3, -0.25) is 9.89 Å². The summed E-state index contributed by atoms with van der Waals surface area (Å²) in [5.41, 5.74) is 1.22. The van der Waals surface area contributed by atoms with Gasteiger partial charge in [-0.2, -0.15) is 9.40 Å². The van der Waals surface area contributed by atoms with E-state index in [9.17, 15) is 26.7 Å². The van der Waals surface area contributed by atoms with Gasteiger partial charge >= 0.3 is 0 Å². The Morgan fingerprint density at radius 3 is 2.42 bits per heavy atom. The Kier molecular flexibility index (Phi) is 10.5. The van der Waals surface area contributed by atoms with Crippen LogP contribution in [0.3, 0.4) is 0 Å². The summed E-state index contributed by atoms with van der Waals surface area (Å²) < 4.78 is 64.8. The van der Waals surface area contributed by atoms with Gasteiger partial charge in [-0.25, -0.2) is 16.8 Å². The molecule has 2 aromatic carbocycles. The second-order valence-corrected chi connectivity index (χ2v) is 15.2. The average Bonchev–Trinajstić information content (AvgIpc) is 3.63. The molecule has 1 amide bonds. The highest BCUT2D eigenvalue weighted by Gasteiger charge is 2.33. The zero-order valence-corrected chi connectivity index (χ0v) is 26.0. The molecule has 1 unspecified atom stereocenters. The highest BCUT2D eigenvalue weighted by Crippen LogP contribution is 2.35. The number of hydrogen-bond donors (Lipinski definition) is 3. The average molecular weight is 635 g/mol. The van der Waals surface area contributed by atoms with Gasteiger partial charge in [0.2, 0.25) is 22.7 Å². The molecule has 1 aromatic heterocycles. The second-order valence-electron chi connectivity index (χ2n) is 11.1. The van der Waals surface area contributed by atoms with E-state index in [1.54, 1.807) is 6.07 Å². The lowest BCUT2D eigenvalue weighted by Crippen LogP contribution is -2.52. The van der Waals surface area contributed by atoms with Crippen molar-refractivity contribution in [2.45, 2.75) is 50.0 Å². The first-order valence-corrected chi connectivity index (χ1v) is 17.2. The molecule has 3 aromatic rings. The van der Waals surface area contributed by atoms with Crippen molar-refractivity contribution >= 4 is 25.8 Å². The minimum Gasteiger partial charge on any atom is -0.454 e. The predicted molar refractivity (Wildman–Crippen MR) is 159 cm³/mol. The van der Waals surface area contributed by atoms with Crippen molar-refractivity contribution in [3.63, 3.8) is 0 Å². The highest BCUT2D eigenvalue weighted by molar-refractivity contribution is 7.90. The van der Waals surface area contributed by atoms with Gasteiger partial charge in [-0.05, 0) is 36.1 Å². The zero-order valence-electron chi connectivity index (χ0n) is 24.3. The lowest BCUT2D eigenvalue weighted by molar-refractivity contribution is -0.125. The number of H-pyrrole nitrogens is 1. The van der Waals surface area contributed by atoms with E-state index in [0.29, 0.717) is 17.2 Å². The lowest BCUT2D eigenvalue weighted by atomic mass is 10.00. The molecule has 234 valence electrons. The van der Waals surface area contributed by atoms with Crippen LogP contribution in [0.2, 0.25) is 0 Å². The largest absolute Gasteiger partial charge is 0.454 e. The molecule has 4 rings (SSSR count). The molecule has 0 spiro atoms. The molecule has 0 fully saturated rings. The van der Waals surface area contributed by atoms with Crippen LogP contribution in [-0.4, -0.2) is 80.1 Å². The maximum Gasteiger partial charge on any atom is 0.243 e. The number of nitrogens with zero attached hydrogens (tertiary/aromatic N) is 2. The summed E-state index contributed by atoms with van der Waals surface area (Å²) in [4.78, 5) is 13.2. The van der Waals surface area contributed by atoms with Gasteiger partial charge in [0.15, 0.2) is 21.3 Å². The number of ether oxygens (including phenoxy) is 2. The molecule has 14 heteroatoms. The van der Waals surface area contributed by atoms with Crippen LogP contribution in [0.4, 0.5) is 0 Å². The van der Waals surface area contributed by atoms with E-state index in [2.05, 4.69) is 15.5 Å². The van der Waals surface area contributed by atoms with Crippen molar-refractivity contribution in [2.24, 2.45) is 11.8 Å². The number of carbonyl (C=O) groups is 1. The number of aliphatic hydroxyl groups is 1. The molecule has 0 bridgehead atoms. The van der Waals surface area contributed by atoms with E-state index in [-0.39, 0.29) is 42.9 Å². The number of sulfonamides is 1. The Morgan fingerprint density at radius 2 is 1.74 bits per heavy atom. The SMILES string of the molecule is CC(C)CN(C[C@@H](O)C(Cc1ccccc1)NC(=O)[C@H](C)CS(=O)(=O)Cc1ccn[nH]1)S(=O)(=O)c1ccc2c(c1)OCO2. The lowest BCUT2D eigenvalue weighted by Gasteiger charge is -2.31. The summed E-state index contributed by atoms with van der Waals surface area (Å²) in [6.45, 7) is 5.03. The number of carbonyl (C=O) groups excluding carboxylic acids is 1. The fraction of sp³-hybridized carbons (Fsp3) is 0.448. The minimum atomic E-state index is -4.08. The normalized spacial score (nSPS) is 15.4. The maximum absolute atomic E-state index is 13.8. The van der Waals surface area contributed by atoms with E-state index < -0.39 is 49.6 Å². The van der Waals surface area contributed by atoms with Crippen LogP contribution < -0.4 is 14.8 Å². The van der Waals surface area contributed by atoms with Crippen LogP contribution in [0.25, 0.3) is 0 Å². The first-order chi connectivity index (χ1) is 20.3. The standard InChI is InChI=1S/C29H38N4O8S2/c1-20(2)15-33(43(38,39)24-9-10-27-28(14-24)41-19-40-27)16-26(34)25(13-22-7-5-4-6-8-22)31-29(35)21(3)17-42(36,37)18-23-11-12-30-32-23/h4-12,14,20-21,25-26,34H,13,15-19H2,1-3H3,(H,30,32)(H,31,35)/t21-,25?,26-/m1/s1. The highest BCUT2D eigenvalue weighted by atomic mass is 32.2. The third-order valence-electron chi connectivity index (χ3n) is 6.92. The van der Waals surface area contributed by atoms with Crippen molar-refractivity contribution in [1.29, 1.82) is 0 Å². The third-order valence-corrected chi connectivity index (χ3v) is 10.5. The molecule has 12 nitrogen and oxygen atoms in total. The first kappa shape index (κ1) is 32.5. The fourth-order valence-electron chi connectivity index (χ4n) is 4.79. The van der Waals surface area contributed by atoms with E-state index >= 15 is 0 Å². The number of aromatic amines is 1. The fourth-order valence-corrected chi connectivity index (χ4v) is 8.10. The Hall–Kier alpha value is -3.46. The number of sulfone groups is 1. The summed E-state index contributed by atoms with van der Waals surface area (Å²) in [5.74, 6) is -1.51. The predicted octanol–water partition coefficient (Wildman–Crippen LogP) is 2.12. The monoisotopic (exact) mass is 634 g/mol. The Bertz CT molecular complexity index is 1580. The van der Waals surface area contributed by atoms with E-state index in [1.165, 1.54) is 35.6 Å². The van der Waals surface area contributed by atoms with E-state index in [1.807, 2.05) is 44.2 Å². The molecule has 43 heavy (non-hydrogen) atoms.